The second-order valence-electron chi connectivity index (χ2n) is 3.96. The third-order valence-corrected chi connectivity index (χ3v) is 2.78. The first-order valence-corrected chi connectivity index (χ1v) is 5.64. The van der Waals surface area contributed by atoms with Crippen LogP contribution in [0.5, 0.6) is 0 Å². The van der Waals surface area contributed by atoms with Crippen LogP contribution in [0.4, 0.5) is 5.69 Å². The Bertz CT molecular complexity index is 659. The molecule has 88 valence electrons. The summed E-state index contributed by atoms with van der Waals surface area (Å²) in [7, 11) is 0. The Hall–Kier alpha value is -2.62. The summed E-state index contributed by atoms with van der Waals surface area (Å²) in [5.74, 6) is 0. The monoisotopic (exact) mass is 236 g/mol. The maximum Gasteiger partial charge on any atom is 0.0651 e. The van der Waals surface area contributed by atoms with Crippen LogP contribution in [0.2, 0.25) is 0 Å². The summed E-state index contributed by atoms with van der Waals surface area (Å²) < 4.78 is 1.82. The van der Waals surface area contributed by atoms with E-state index in [1.165, 1.54) is 0 Å². The summed E-state index contributed by atoms with van der Waals surface area (Å²) in [5.41, 5.74) is 9.66. The third-order valence-electron chi connectivity index (χ3n) is 2.78. The van der Waals surface area contributed by atoms with Crippen LogP contribution < -0.4 is 5.73 Å². The average Bonchev–Trinajstić information content (AvgIpc) is 2.93. The van der Waals surface area contributed by atoms with Crippen LogP contribution in [0.1, 0.15) is 0 Å². The first kappa shape index (κ1) is 10.5. The lowest BCUT2D eigenvalue weighted by Crippen LogP contribution is -1.95. The van der Waals surface area contributed by atoms with Crippen molar-refractivity contribution in [2.24, 2.45) is 0 Å². The van der Waals surface area contributed by atoms with Crippen LogP contribution >= 0.6 is 0 Å². The number of hydrogen-bond acceptors (Lipinski definition) is 3. The number of nitrogens with two attached hydrogens (primary N) is 1. The van der Waals surface area contributed by atoms with E-state index >= 15 is 0 Å². The van der Waals surface area contributed by atoms with Gasteiger partial charge in [-0.2, -0.15) is 5.10 Å². The molecule has 4 heteroatoms. The van der Waals surface area contributed by atoms with Crippen LogP contribution in [-0.4, -0.2) is 14.8 Å². The number of aromatic nitrogens is 3. The fourth-order valence-electron chi connectivity index (χ4n) is 1.88. The standard InChI is InChI=1S/C14H12N4/c15-14-5-7-16-10-13(14)11-3-1-4-12(9-11)18-8-2-6-17-18/h1-10H,(H2,15,16). The number of anilines is 1. The van der Waals surface area contributed by atoms with Crippen LogP contribution in [0.15, 0.2) is 61.2 Å². The Morgan fingerprint density at radius 2 is 2.00 bits per heavy atom. The molecular weight excluding hydrogens is 224 g/mol. The normalized spacial score (nSPS) is 10.4. The zero-order valence-corrected chi connectivity index (χ0v) is 9.69. The number of rotatable bonds is 2. The lowest BCUT2D eigenvalue weighted by Gasteiger charge is -2.07. The fourth-order valence-corrected chi connectivity index (χ4v) is 1.88. The van der Waals surface area contributed by atoms with E-state index < -0.39 is 0 Å². The summed E-state index contributed by atoms with van der Waals surface area (Å²) in [6.45, 7) is 0. The van der Waals surface area contributed by atoms with Gasteiger partial charge in [-0.15, -0.1) is 0 Å². The molecular formula is C14H12N4. The van der Waals surface area contributed by atoms with Gasteiger partial charge in [0.25, 0.3) is 0 Å². The smallest absolute Gasteiger partial charge is 0.0651 e. The minimum absolute atomic E-state index is 0.725. The third kappa shape index (κ3) is 1.84. The zero-order valence-electron chi connectivity index (χ0n) is 9.69. The van der Waals surface area contributed by atoms with Gasteiger partial charge in [0.2, 0.25) is 0 Å². The molecule has 2 N–H and O–H groups in total. The average molecular weight is 236 g/mol. The van der Waals surface area contributed by atoms with E-state index in [1.54, 1.807) is 24.7 Å². The highest BCUT2D eigenvalue weighted by atomic mass is 15.3. The first-order valence-electron chi connectivity index (χ1n) is 5.64. The maximum atomic E-state index is 5.96. The van der Waals surface area contributed by atoms with E-state index in [9.17, 15) is 0 Å². The molecule has 0 spiro atoms. The Kier molecular flexibility index (Phi) is 2.53. The highest BCUT2D eigenvalue weighted by Crippen LogP contribution is 2.25. The Balaban J connectivity index is 2.10. The lowest BCUT2D eigenvalue weighted by atomic mass is 10.1. The Morgan fingerprint density at radius 1 is 1.06 bits per heavy atom. The molecule has 4 nitrogen and oxygen atoms in total. The van der Waals surface area contributed by atoms with Crippen molar-refractivity contribution in [3.63, 3.8) is 0 Å². The van der Waals surface area contributed by atoms with Crippen molar-refractivity contribution in [2.75, 3.05) is 5.73 Å². The highest BCUT2D eigenvalue weighted by Gasteiger charge is 2.04. The van der Waals surface area contributed by atoms with Gasteiger partial charge in [-0.05, 0) is 29.8 Å². The molecule has 1 aromatic carbocycles. The van der Waals surface area contributed by atoms with Crippen LogP contribution in [0.25, 0.3) is 16.8 Å². The Morgan fingerprint density at radius 3 is 2.78 bits per heavy atom. The summed E-state index contributed by atoms with van der Waals surface area (Å²) in [5, 5.41) is 4.21. The molecule has 0 saturated heterocycles. The van der Waals surface area contributed by atoms with Gasteiger partial charge in [0.05, 0.1) is 5.69 Å². The maximum absolute atomic E-state index is 5.96. The van der Waals surface area contributed by atoms with Gasteiger partial charge in [-0.1, -0.05) is 12.1 Å². The summed E-state index contributed by atoms with van der Waals surface area (Å²) >= 11 is 0. The van der Waals surface area contributed by atoms with E-state index in [1.807, 2.05) is 41.2 Å². The van der Waals surface area contributed by atoms with E-state index in [0.29, 0.717) is 0 Å². The van der Waals surface area contributed by atoms with Crippen LogP contribution in [0.3, 0.4) is 0 Å². The SMILES string of the molecule is Nc1ccncc1-c1cccc(-n2cccn2)c1. The molecule has 3 rings (SSSR count). The summed E-state index contributed by atoms with van der Waals surface area (Å²) in [4.78, 5) is 4.11. The second kappa shape index (κ2) is 4.33. The van der Waals surface area contributed by atoms with Crippen molar-refractivity contribution in [2.45, 2.75) is 0 Å². The second-order valence-corrected chi connectivity index (χ2v) is 3.96. The van der Waals surface area contributed by atoms with Crippen molar-refractivity contribution in [1.29, 1.82) is 0 Å². The van der Waals surface area contributed by atoms with E-state index in [-0.39, 0.29) is 0 Å². The quantitative estimate of drug-likeness (QED) is 0.743. The molecule has 0 radical (unpaired) electrons. The molecule has 0 aliphatic carbocycles. The van der Waals surface area contributed by atoms with Crippen molar-refractivity contribution >= 4 is 5.69 Å². The summed E-state index contributed by atoms with van der Waals surface area (Å²) in [6.07, 6.45) is 7.13. The Labute approximate surface area is 105 Å². The molecule has 0 fully saturated rings. The van der Waals surface area contributed by atoms with E-state index in [4.69, 9.17) is 5.73 Å². The van der Waals surface area contributed by atoms with Gasteiger partial charge in [0.15, 0.2) is 0 Å². The van der Waals surface area contributed by atoms with E-state index in [0.717, 1.165) is 22.5 Å². The number of hydrogen-bond donors (Lipinski definition) is 1. The molecule has 0 aliphatic rings. The fraction of sp³-hybridized carbons (Fsp3) is 0. The number of nitrogens with zero attached hydrogens (tertiary/aromatic N) is 3. The van der Waals surface area contributed by atoms with Crippen molar-refractivity contribution in [1.82, 2.24) is 14.8 Å². The minimum Gasteiger partial charge on any atom is -0.398 e. The lowest BCUT2D eigenvalue weighted by molar-refractivity contribution is 0.881. The van der Waals surface area contributed by atoms with Gasteiger partial charge >= 0.3 is 0 Å². The van der Waals surface area contributed by atoms with Crippen molar-refractivity contribution < 1.29 is 0 Å². The molecule has 2 heterocycles. The van der Waals surface area contributed by atoms with Gasteiger partial charge < -0.3 is 5.73 Å². The molecule has 0 aliphatic heterocycles. The number of benzene rings is 1. The first-order chi connectivity index (χ1) is 8.84. The molecule has 18 heavy (non-hydrogen) atoms. The molecule has 0 saturated carbocycles. The van der Waals surface area contributed by atoms with Gasteiger partial charge in [-0.25, -0.2) is 4.68 Å². The molecule has 0 amide bonds. The van der Waals surface area contributed by atoms with Crippen LogP contribution in [-0.2, 0) is 0 Å². The number of pyridine rings is 1. The molecule has 2 aromatic heterocycles. The summed E-state index contributed by atoms with van der Waals surface area (Å²) in [6, 6.07) is 11.7. The molecule has 0 bridgehead atoms. The molecule has 0 unspecified atom stereocenters. The minimum atomic E-state index is 0.725. The zero-order chi connectivity index (χ0) is 12.4. The molecule has 0 atom stereocenters. The van der Waals surface area contributed by atoms with Crippen molar-refractivity contribution in [3.8, 4) is 16.8 Å². The van der Waals surface area contributed by atoms with E-state index in [2.05, 4.69) is 10.1 Å². The largest absolute Gasteiger partial charge is 0.398 e. The molecule has 3 aromatic rings. The predicted molar refractivity (Wildman–Crippen MR) is 71.2 cm³/mol. The van der Waals surface area contributed by atoms with Crippen molar-refractivity contribution in [3.05, 3.63) is 61.2 Å². The number of nitrogen functional groups attached to an aromatic ring is 1. The predicted octanol–water partition coefficient (Wildman–Crippen LogP) is 2.52. The van der Waals surface area contributed by atoms with Gasteiger partial charge in [0, 0.05) is 36.0 Å². The highest BCUT2D eigenvalue weighted by molar-refractivity contribution is 5.76. The van der Waals surface area contributed by atoms with Gasteiger partial charge in [0.1, 0.15) is 0 Å². The van der Waals surface area contributed by atoms with Gasteiger partial charge in [-0.3, -0.25) is 4.98 Å². The topological polar surface area (TPSA) is 56.7 Å². The van der Waals surface area contributed by atoms with Crippen LogP contribution in [0, 0.1) is 0 Å².